The molecule has 0 atom stereocenters. The van der Waals surface area contributed by atoms with Gasteiger partial charge >= 0.3 is 11.9 Å². The lowest BCUT2D eigenvalue weighted by Gasteiger charge is -2.04. The summed E-state index contributed by atoms with van der Waals surface area (Å²) in [5.41, 5.74) is 0. The first kappa shape index (κ1) is 13.6. The number of hydrogen-bond donors (Lipinski definition) is 0. The molecule has 0 spiro atoms. The van der Waals surface area contributed by atoms with Gasteiger partial charge in [-0.15, -0.1) is 0 Å². The topological polar surface area (TPSA) is 69.7 Å². The first-order chi connectivity index (χ1) is 8.51. The summed E-state index contributed by atoms with van der Waals surface area (Å²) in [4.78, 5) is 32.8. The third-order valence-corrected chi connectivity index (χ3v) is 1.83. The summed E-state index contributed by atoms with van der Waals surface area (Å²) in [6, 6.07) is 5.86. The molecular weight excluding hydrogens is 236 g/mol. The van der Waals surface area contributed by atoms with Gasteiger partial charge in [0, 0.05) is 6.08 Å². The van der Waals surface area contributed by atoms with Gasteiger partial charge in [-0.05, 0) is 31.2 Å². The van der Waals surface area contributed by atoms with E-state index < -0.39 is 11.9 Å². The van der Waals surface area contributed by atoms with Crippen molar-refractivity contribution in [1.29, 1.82) is 0 Å². The smallest absolute Gasteiger partial charge is 0.335 e. The van der Waals surface area contributed by atoms with E-state index in [-0.39, 0.29) is 18.0 Å². The minimum atomic E-state index is -0.627. The lowest BCUT2D eigenvalue weighted by molar-refractivity contribution is -0.137. The fourth-order valence-electron chi connectivity index (χ4n) is 1.10. The minimum Gasteiger partial charge on any atom is -0.426 e. The quantitative estimate of drug-likeness (QED) is 0.343. The largest absolute Gasteiger partial charge is 0.426 e. The average Bonchev–Trinajstić information content (AvgIpc) is 2.30. The van der Waals surface area contributed by atoms with E-state index in [1.165, 1.54) is 31.2 Å². The number of carbonyl (C=O) groups excluding carboxylic acids is 3. The van der Waals surface area contributed by atoms with E-state index >= 15 is 0 Å². The number of Topliss-reactive ketones (excluding diaryl/α,β-unsaturated/α-hetero) is 1. The minimum absolute atomic E-state index is 0.267. The van der Waals surface area contributed by atoms with Crippen LogP contribution in [0.15, 0.2) is 36.9 Å². The van der Waals surface area contributed by atoms with E-state index in [2.05, 4.69) is 6.58 Å². The third kappa shape index (κ3) is 4.61. The number of rotatable bonds is 5. The Hall–Kier alpha value is -2.43. The zero-order valence-corrected chi connectivity index (χ0v) is 9.84. The van der Waals surface area contributed by atoms with Crippen molar-refractivity contribution >= 4 is 17.7 Å². The SMILES string of the molecule is C=CC(=O)Oc1ccc(OC(=O)CC(C)=O)cc1. The maximum Gasteiger partial charge on any atom is 0.335 e. The molecule has 0 aromatic heterocycles. The van der Waals surface area contributed by atoms with E-state index in [1.807, 2.05) is 0 Å². The van der Waals surface area contributed by atoms with Gasteiger partial charge < -0.3 is 9.47 Å². The van der Waals surface area contributed by atoms with Gasteiger partial charge in [-0.3, -0.25) is 9.59 Å². The molecule has 1 aromatic carbocycles. The number of carbonyl (C=O) groups is 3. The molecule has 0 fully saturated rings. The third-order valence-electron chi connectivity index (χ3n) is 1.83. The van der Waals surface area contributed by atoms with Crippen molar-refractivity contribution in [3.05, 3.63) is 36.9 Å². The van der Waals surface area contributed by atoms with E-state index in [0.29, 0.717) is 5.75 Å². The van der Waals surface area contributed by atoms with Crippen molar-refractivity contribution in [3.63, 3.8) is 0 Å². The Labute approximate surface area is 104 Å². The standard InChI is InChI=1S/C13H12O5/c1-3-12(15)17-10-4-6-11(7-5-10)18-13(16)8-9(2)14/h3-7H,1,8H2,2H3. The molecule has 0 bridgehead atoms. The molecule has 5 heteroatoms. The molecule has 94 valence electrons. The predicted octanol–water partition coefficient (Wildman–Crippen LogP) is 1.66. The van der Waals surface area contributed by atoms with Gasteiger partial charge in [-0.25, -0.2) is 4.79 Å². The van der Waals surface area contributed by atoms with Crippen LogP contribution in [0.1, 0.15) is 13.3 Å². The highest BCUT2D eigenvalue weighted by Gasteiger charge is 2.08. The first-order valence-corrected chi connectivity index (χ1v) is 5.15. The van der Waals surface area contributed by atoms with Crippen LogP contribution in [0.5, 0.6) is 11.5 Å². The van der Waals surface area contributed by atoms with Crippen molar-refractivity contribution in [2.75, 3.05) is 0 Å². The summed E-state index contributed by atoms with van der Waals surface area (Å²) in [5.74, 6) is -0.878. The molecule has 0 heterocycles. The number of esters is 2. The Morgan fingerprint density at radius 3 is 2.06 bits per heavy atom. The van der Waals surface area contributed by atoms with Crippen molar-refractivity contribution in [1.82, 2.24) is 0 Å². The molecule has 0 saturated heterocycles. The zero-order valence-electron chi connectivity index (χ0n) is 9.84. The van der Waals surface area contributed by atoms with Crippen molar-refractivity contribution in [2.24, 2.45) is 0 Å². The maximum atomic E-state index is 11.2. The van der Waals surface area contributed by atoms with Crippen LogP contribution in [0.2, 0.25) is 0 Å². The Bertz CT molecular complexity index is 473. The highest BCUT2D eigenvalue weighted by molar-refractivity contribution is 5.94. The lowest BCUT2D eigenvalue weighted by atomic mass is 10.3. The summed E-state index contributed by atoms with van der Waals surface area (Å²) in [6.07, 6.45) is 0.772. The average molecular weight is 248 g/mol. The van der Waals surface area contributed by atoms with Gasteiger partial charge in [0.1, 0.15) is 23.7 Å². The number of ether oxygens (including phenoxy) is 2. The lowest BCUT2D eigenvalue weighted by Crippen LogP contribution is -2.11. The summed E-state index contributed by atoms with van der Waals surface area (Å²) in [5, 5.41) is 0. The zero-order chi connectivity index (χ0) is 13.5. The second kappa shape index (κ2) is 6.34. The number of hydrogen-bond acceptors (Lipinski definition) is 5. The van der Waals surface area contributed by atoms with Crippen LogP contribution in [0, 0.1) is 0 Å². The first-order valence-electron chi connectivity index (χ1n) is 5.15. The summed E-state index contributed by atoms with van der Waals surface area (Å²) >= 11 is 0. The van der Waals surface area contributed by atoms with Gasteiger partial charge in [-0.2, -0.15) is 0 Å². The predicted molar refractivity (Wildman–Crippen MR) is 63.2 cm³/mol. The maximum absolute atomic E-state index is 11.2. The van der Waals surface area contributed by atoms with Crippen LogP contribution in [0.4, 0.5) is 0 Å². The molecule has 1 rings (SSSR count). The van der Waals surface area contributed by atoms with Gasteiger partial charge in [0.15, 0.2) is 0 Å². The monoisotopic (exact) mass is 248 g/mol. The molecule has 5 nitrogen and oxygen atoms in total. The van der Waals surface area contributed by atoms with E-state index in [0.717, 1.165) is 6.08 Å². The summed E-state index contributed by atoms with van der Waals surface area (Å²) < 4.78 is 9.73. The summed E-state index contributed by atoms with van der Waals surface area (Å²) in [7, 11) is 0. The van der Waals surface area contributed by atoms with Crippen LogP contribution in [0.3, 0.4) is 0 Å². The molecular formula is C13H12O5. The molecule has 0 aliphatic heterocycles. The van der Waals surface area contributed by atoms with Crippen LogP contribution in [-0.4, -0.2) is 17.7 Å². The molecule has 0 saturated carbocycles. The normalized spacial score (nSPS) is 9.39. The second-order valence-corrected chi connectivity index (χ2v) is 3.45. The van der Waals surface area contributed by atoms with Crippen LogP contribution in [-0.2, 0) is 14.4 Å². The Kier molecular flexibility index (Phi) is 4.80. The second-order valence-electron chi connectivity index (χ2n) is 3.45. The molecule has 0 radical (unpaired) electrons. The van der Waals surface area contributed by atoms with Gasteiger partial charge in [0.2, 0.25) is 0 Å². The van der Waals surface area contributed by atoms with Gasteiger partial charge in [0.25, 0.3) is 0 Å². The fourth-order valence-corrected chi connectivity index (χ4v) is 1.10. The van der Waals surface area contributed by atoms with Crippen LogP contribution < -0.4 is 9.47 Å². The van der Waals surface area contributed by atoms with E-state index in [1.54, 1.807) is 0 Å². The highest BCUT2D eigenvalue weighted by Crippen LogP contribution is 2.18. The van der Waals surface area contributed by atoms with E-state index in [4.69, 9.17) is 9.47 Å². The molecule has 0 aliphatic rings. The van der Waals surface area contributed by atoms with Crippen molar-refractivity contribution < 1.29 is 23.9 Å². The van der Waals surface area contributed by atoms with Gasteiger partial charge in [-0.1, -0.05) is 6.58 Å². The molecule has 18 heavy (non-hydrogen) atoms. The Balaban J connectivity index is 2.60. The Morgan fingerprint density at radius 2 is 1.61 bits per heavy atom. The van der Waals surface area contributed by atoms with Crippen LogP contribution in [0.25, 0.3) is 0 Å². The van der Waals surface area contributed by atoms with Crippen molar-refractivity contribution in [3.8, 4) is 11.5 Å². The van der Waals surface area contributed by atoms with E-state index in [9.17, 15) is 14.4 Å². The van der Waals surface area contributed by atoms with Crippen LogP contribution >= 0.6 is 0 Å². The molecule has 0 aliphatic carbocycles. The Morgan fingerprint density at radius 1 is 1.11 bits per heavy atom. The fraction of sp³-hybridized carbons (Fsp3) is 0.154. The summed E-state index contributed by atoms with van der Waals surface area (Å²) in [6.45, 7) is 4.57. The van der Waals surface area contributed by atoms with Crippen molar-refractivity contribution in [2.45, 2.75) is 13.3 Å². The number of ketones is 1. The number of benzene rings is 1. The molecule has 0 N–H and O–H groups in total. The molecule has 0 unspecified atom stereocenters. The molecule has 1 aromatic rings. The highest BCUT2D eigenvalue weighted by atomic mass is 16.5. The molecule has 0 amide bonds. The van der Waals surface area contributed by atoms with Gasteiger partial charge in [0.05, 0.1) is 0 Å².